The maximum atomic E-state index is 11.4. The van der Waals surface area contributed by atoms with E-state index in [9.17, 15) is 4.39 Å². The van der Waals surface area contributed by atoms with Gasteiger partial charge in [-0.25, -0.2) is 4.39 Å². The summed E-state index contributed by atoms with van der Waals surface area (Å²) in [6, 6.07) is 0. The molecule has 0 radical (unpaired) electrons. The molecule has 0 fully saturated rings. The molecule has 0 aromatic heterocycles. The van der Waals surface area contributed by atoms with Crippen LogP contribution in [0.25, 0.3) is 0 Å². The smallest absolute Gasteiger partial charge is 0.140 e. The molecule has 1 rings (SSSR count). The number of allylic oxidation sites excluding steroid dienone is 2. The van der Waals surface area contributed by atoms with Gasteiger partial charge in [0.05, 0.1) is 0 Å². The highest BCUT2D eigenvalue weighted by atomic mass is 19.1. The summed E-state index contributed by atoms with van der Waals surface area (Å²) in [5.41, 5.74) is 0.880. The van der Waals surface area contributed by atoms with Crippen molar-refractivity contribution in [1.29, 1.82) is 0 Å². The van der Waals surface area contributed by atoms with Gasteiger partial charge in [0.2, 0.25) is 0 Å². The summed E-state index contributed by atoms with van der Waals surface area (Å²) in [6.45, 7) is 1.78. The molecule has 1 unspecified atom stereocenters. The molecule has 1 heteroatoms. The summed E-state index contributed by atoms with van der Waals surface area (Å²) in [5.74, 6) is 0. The second-order valence-corrected chi connectivity index (χ2v) is 1.31. The van der Waals surface area contributed by atoms with Crippen molar-refractivity contribution in [1.82, 2.24) is 0 Å². The number of rotatable bonds is 0. The van der Waals surface area contributed by atoms with E-state index in [2.05, 4.69) is 0 Å². The Morgan fingerprint density at radius 1 is 2.00 bits per heavy atom. The molecule has 1 atom stereocenters. The molecule has 28 valence electrons. The van der Waals surface area contributed by atoms with E-state index in [0.717, 1.165) is 5.57 Å². The first-order valence-electron chi connectivity index (χ1n) is 1.63. The molecule has 5 heavy (non-hydrogen) atoms. The Morgan fingerprint density at radius 3 is 2.20 bits per heavy atom. The third-order valence-corrected chi connectivity index (χ3v) is 0.735. The SMILES string of the molecule is CC1=CC1F. The Labute approximate surface area is 30.3 Å². The highest BCUT2D eigenvalue weighted by Crippen LogP contribution is 2.21. The maximum Gasteiger partial charge on any atom is 0.140 e. The van der Waals surface area contributed by atoms with E-state index in [0.29, 0.717) is 0 Å². The van der Waals surface area contributed by atoms with E-state index in [1.165, 1.54) is 0 Å². The molecule has 0 spiro atoms. The molecule has 0 nitrogen and oxygen atoms in total. The summed E-state index contributed by atoms with van der Waals surface area (Å²) in [6.07, 6.45) is 0.926. The molecule has 1 aliphatic carbocycles. The zero-order chi connectivity index (χ0) is 3.86. The fourth-order valence-corrected chi connectivity index (χ4v) is 0.183. The zero-order valence-corrected chi connectivity index (χ0v) is 3.03. The average Bonchev–Trinajstić information content (AvgIpc) is 1.79. The van der Waals surface area contributed by atoms with Crippen LogP contribution in [0.5, 0.6) is 0 Å². The number of hydrogen-bond acceptors (Lipinski definition) is 0. The van der Waals surface area contributed by atoms with E-state index in [4.69, 9.17) is 0 Å². The lowest BCUT2D eigenvalue weighted by atomic mass is 10.6. The lowest BCUT2D eigenvalue weighted by molar-refractivity contribution is 0.502. The first kappa shape index (κ1) is 2.88. The highest BCUT2D eigenvalue weighted by Gasteiger charge is 2.16. The standard InChI is InChI=1S/C4H5F/c1-3-2-4(3)5/h2,4H,1H3. The van der Waals surface area contributed by atoms with Crippen molar-refractivity contribution in [3.63, 3.8) is 0 Å². The van der Waals surface area contributed by atoms with Crippen LogP contribution in [0.15, 0.2) is 11.6 Å². The summed E-state index contributed by atoms with van der Waals surface area (Å²) in [7, 11) is 0. The summed E-state index contributed by atoms with van der Waals surface area (Å²) in [5, 5.41) is 0. The second kappa shape index (κ2) is 0.588. The van der Waals surface area contributed by atoms with Crippen molar-refractivity contribution in [3.05, 3.63) is 11.6 Å². The predicted octanol–water partition coefficient (Wildman–Crippen LogP) is 1.28. The van der Waals surface area contributed by atoms with Crippen molar-refractivity contribution in [2.24, 2.45) is 0 Å². The molecule has 0 aromatic rings. The fourth-order valence-electron chi connectivity index (χ4n) is 0.183. The molecule has 0 heterocycles. The third kappa shape index (κ3) is 0.318. The molecular weight excluding hydrogens is 67.0 g/mol. The minimum Gasteiger partial charge on any atom is -0.238 e. The van der Waals surface area contributed by atoms with Gasteiger partial charge >= 0.3 is 0 Å². The summed E-state index contributed by atoms with van der Waals surface area (Å²) in [4.78, 5) is 0. The largest absolute Gasteiger partial charge is 0.238 e. The van der Waals surface area contributed by atoms with Gasteiger partial charge in [0.25, 0.3) is 0 Å². The van der Waals surface area contributed by atoms with Gasteiger partial charge < -0.3 is 0 Å². The lowest BCUT2D eigenvalue weighted by Crippen LogP contribution is -1.64. The normalized spacial score (nSPS) is 33.2. The molecule has 0 saturated heterocycles. The zero-order valence-electron chi connectivity index (χ0n) is 3.03. The van der Waals surface area contributed by atoms with Gasteiger partial charge in [-0.1, -0.05) is 0 Å². The van der Waals surface area contributed by atoms with Crippen molar-refractivity contribution in [3.8, 4) is 0 Å². The Balaban J connectivity index is 2.38. The minimum atomic E-state index is -0.657. The quantitative estimate of drug-likeness (QED) is 0.378. The Bertz CT molecular complexity index is 73.7. The van der Waals surface area contributed by atoms with E-state index >= 15 is 0 Å². The van der Waals surface area contributed by atoms with Crippen molar-refractivity contribution < 1.29 is 4.39 Å². The third-order valence-electron chi connectivity index (χ3n) is 0.735. The highest BCUT2D eigenvalue weighted by molar-refractivity contribution is 5.28. The molecule has 0 aliphatic heterocycles. The molecular formula is C4H5F. The van der Waals surface area contributed by atoms with E-state index in [1.54, 1.807) is 13.0 Å². The average molecular weight is 72.1 g/mol. The number of alkyl halides is 1. The van der Waals surface area contributed by atoms with Crippen LogP contribution in [0.4, 0.5) is 4.39 Å². The van der Waals surface area contributed by atoms with Gasteiger partial charge in [-0.15, -0.1) is 0 Å². The van der Waals surface area contributed by atoms with Crippen LogP contribution in [0, 0.1) is 0 Å². The Kier molecular flexibility index (Phi) is 0.339. The van der Waals surface area contributed by atoms with Crippen LogP contribution in [-0.2, 0) is 0 Å². The van der Waals surface area contributed by atoms with Crippen LogP contribution < -0.4 is 0 Å². The minimum absolute atomic E-state index is 0.657. The topological polar surface area (TPSA) is 0 Å². The van der Waals surface area contributed by atoms with Crippen molar-refractivity contribution >= 4 is 0 Å². The first-order chi connectivity index (χ1) is 2.30. The molecule has 0 N–H and O–H groups in total. The first-order valence-corrected chi connectivity index (χ1v) is 1.63. The molecule has 0 saturated carbocycles. The number of halogens is 1. The van der Waals surface area contributed by atoms with Crippen LogP contribution in [0.1, 0.15) is 6.92 Å². The molecule has 0 aromatic carbocycles. The summed E-state index contributed by atoms with van der Waals surface area (Å²) < 4.78 is 11.4. The van der Waals surface area contributed by atoms with Crippen LogP contribution in [0.3, 0.4) is 0 Å². The van der Waals surface area contributed by atoms with Crippen LogP contribution in [-0.4, -0.2) is 6.17 Å². The van der Waals surface area contributed by atoms with E-state index in [-0.39, 0.29) is 0 Å². The van der Waals surface area contributed by atoms with Crippen LogP contribution in [0.2, 0.25) is 0 Å². The summed E-state index contributed by atoms with van der Waals surface area (Å²) >= 11 is 0. The maximum absolute atomic E-state index is 11.4. The predicted molar refractivity (Wildman–Crippen MR) is 18.7 cm³/mol. The second-order valence-electron chi connectivity index (χ2n) is 1.31. The van der Waals surface area contributed by atoms with Crippen molar-refractivity contribution in [2.75, 3.05) is 0 Å². The van der Waals surface area contributed by atoms with Gasteiger partial charge in [-0.2, -0.15) is 0 Å². The van der Waals surface area contributed by atoms with Gasteiger partial charge in [-0.05, 0) is 18.6 Å². The van der Waals surface area contributed by atoms with Crippen molar-refractivity contribution in [2.45, 2.75) is 13.1 Å². The molecule has 0 amide bonds. The molecule has 1 aliphatic rings. The van der Waals surface area contributed by atoms with Gasteiger partial charge in [0, 0.05) is 0 Å². The van der Waals surface area contributed by atoms with Crippen LogP contribution >= 0.6 is 0 Å². The monoisotopic (exact) mass is 72.0 g/mol. The van der Waals surface area contributed by atoms with E-state index < -0.39 is 6.17 Å². The fraction of sp³-hybridized carbons (Fsp3) is 0.500. The Hall–Kier alpha value is -0.330. The van der Waals surface area contributed by atoms with Gasteiger partial charge in [-0.3, -0.25) is 0 Å². The Morgan fingerprint density at radius 2 is 2.20 bits per heavy atom. The molecule has 0 bridgehead atoms. The lowest BCUT2D eigenvalue weighted by Gasteiger charge is -1.65. The van der Waals surface area contributed by atoms with E-state index in [1.807, 2.05) is 0 Å². The number of hydrogen-bond donors (Lipinski definition) is 0. The van der Waals surface area contributed by atoms with Gasteiger partial charge in [0.1, 0.15) is 6.17 Å². The van der Waals surface area contributed by atoms with Gasteiger partial charge in [0.15, 0.2) is 0 Å².